The number of carboxylic acids is 2. The fourth-order valence-corrected chi connectivity index (χ4v) is 4.63. The van der Waals surface area contributed by atoms with Crippen LogP contribution in [0, 0.1) is 5.92 Å². The van der Waals surface area contributed by atoms with Gasteiger partial charge < -0.3 is 20.5 Å². The average Bonchev–Trinajstić information content (AvgIpc) is 3.22. The molecular weight excluding hydrogens is 434 g/mol. The van der Waals surface area contributed by atoms with Gasteiger partial charge in [-0.25, -0.2) is 4.79 Å². The highest BCUT2D eigenvalue weighted by molar-refractivity contribution is 6.03. The molecule has 1 atom stereocenters. The minimum absolute atomic E-state index is 0.457. The average molecular weight is 462 g/mol. The van der Waals surface area contributed by atoms with Gasteiger partial charge in [0.15, 0.2) is 0 Å². The molecule has 0 spiro atoms. The van der Waals surface area contributed by atoms with Crippen LogP contribution < -0.4 is 5.32 Å². The number of fused-ring (bicyclic) bond motifs is 1. The van der Waals surface area contributed by atoms with Gasteiger partial charge in [-0.05, 0) is 62.0 Å². The van der Waals surface area contributed by atoms with Gasteiger partial charge in [0.1, 0.15) is 6.04 Å². The number of amides is 1. The molecule has 1 amide bonds. The highest BCUT2D eigenvalue weighted by Crippen LogP contribution is 2.33. The van der Waals surface area contributed by atoms with Crippen LogP contribution in [0.2, 0.25) is 0 Å². The molecule has 1 saturated heterocycles. The number of carboxylic acid groups (broad SMARTS) is 2. The first-order valence-corrected chi connectivity index (χ1v) is 11.2. The molecule has 4 rings (SSSR count). The van der Waals surface area contributed by atoms with E-state index < -0.39 is 23.9 Å². The van der Waals surface area contributed by atoms with Crippen LogP contribution in [0.4, 0.5) is 5.69 Å². The highest BCUT2D eigenvalue weighted by atomic mass is 16.4. The fraction of sp³-hybridized carbons (Fsp3) is 0.269. The number of carbonyl (C=O) groups excluding carboxylic acids is 1. The Morgan fingerprint density at radius 1 is 1.06 bits per heavy atom. The Kier molecular flexibility index (Phi) is 7.08. The summed E-state index contributed by atoms with van der Waals surface area (Å²) in [5, 5.41) is 22.1. The number of piperidine rings is 1. The fourth-order valence-electron chi connectivity index (χ4n) is 4.63. The lowest BCUT2D eigenvalue weighted by Gasteiger charge is -2.35. The van der Waals surface area contributed by atoms with Crippen LogP contribution in [0.25, 0.3) is 10.9 Å². The number of anilines is 1. The first-order valence-electron chi connectivity index (χ1n) is 11.2. The number of hydrogen-bond donors (Lipinski definition) is 4. The Hall–Kier alpha value is -3.91. The normalized spacial score (nSPS) is 16.0. The van der Waals surface area contributed by atoms with E-state index in [1.54, 1.807) is 24.4 Å². The largest absolute Gasteiger partial charge is 0.480 e. The number of carbonyl (C=O) groups is 3. The van der Waals surface area contributed by atoms with Crippen molar-refractivity contribution < 1.29 is 24.6 Å². The number of hydrogen-bond acceptors (Lipinski definition) is 4. The standard InChI is InChI=1S/C26H27N3O5/c30-23(8-9-24(31)32)28-19-6-7-22-20(15-19)21(16-27-22)25(26(33)34)29-12-10-18(11-13-29)14-17-4-2-1-3-5-17/h1-9,15-16,18,25,27H,10-14H2,(H,28,30)(H,31,32)(H,33,34)/b9-8+/t25-/m0/s1. The number of H-pyrrole nitrogens is 1. The third-order valence-electron chi connectivity index (χ3n) is 6.27. The first-order chi connectivity index (χ1) is 16.4. The van der Waals surface area contributed by atoms with E-state index in [1.165, 1.54) is 5.56 Å². The zero-order valence-electron chi connectivity index (χ0n) is 18.6. The molecule has 2 aromatic carbocycles. The van der Waals surface area contributed by atoms with Crippen molar-refractivity contribution in [3.05, 3.63) is 78.0 Å². The summed E-state index contributed by atoms with van der Waals surface area (Å²) in [5.74, 6) is -2.18. The van der Waals surface area contributed by atoms with Crippen molar-refractivity contribution in [1.82, 2.24) is 9.88 Å². The third-order valence-corrected chi connectivity index (χ3v) is 6.27. The molecular formula is C26H27N3O5. The molecule has 0 bridgehead atoms. The second kappa shape index (κ2) is 10.4. The minimum atomic E-state index is -1.21. The maximum Gasteiger partial charge on any atom is 0.328 e. The number of aromatic nitrogens is 1. The molecule has 34 heavy (non-hydrogen) atoms. The zero-order chi connectivity index (χ0) is 24.1. The van der Waals surface area contributed by atoms with Crippen LogP contribution in [0.5, 0.6) is 0 Å². The number of likely N-dealkylation sites (tertiary alicyclic amines) is 1. The number of nitrogens with zero attached hydrogens (tertiary/aromatic N) is 1. The van der Waals surface area contributed by atoms with Crippen molar-refractivity contribution in [2.45, 2.75) is 25.3 Å². The van der Waals surface area contributed by atoms with Gasteiger partial charge in [0, 0.05) is 40.5 Å². The maximum absolute atomic E-state index is 12.3. The van der Waals surface area contributed by atoms with Crippen molar-refractivity contribution >= 4 is 34.4 Å². The molecule has 0 saturated carbocycles. The predicted octanol–water partition coefficient (Wildman–Crippen LogP) is 3.83. The molecule has 1 aliphatic rings. The van der Waals surface area contributed by atoms with Crippen LogP contribution in [0.3, 0.4) is 0 Å². The Labute approximate surface area is 196 Å². The van der Waals surface area contributed by atoms with E-state index in [4.69, 9.17) is 5.11 Å². The van der Waals surface area contributed by atoms with Gasteiger partial charge in [-0.2, -0.15) is 0 Å². The van der Waals surface area contributed by atoms with Crippen LogP contribution in [-0.2, 0) is 20.8 Å². The summed E-state index contributed by atoms with van der Waals surface area (Å²) in [4.78, 5) is 40.0. The number of benzene rings is 2. The van der Waals surface area contributed by atoms with E-state index in [1.807, 2.05) is 23.1 Å². The monoisotopic (exact) mass is 461 g/mol. The molecule has 0 aliphatic carbocycles. The summed E-state index contributed by atoms with van der Waals surface area (Å²) in [6.07, 6.45) is 6.27. The summed E-state index contributed by atoms with van der Waals surface area (Å²) in [5.41, 5.74) is 3.17. The van der Waals surface area contributed by atoms with Crippen molar-refractivity contribution in [2.75, 3.05) is 18.4 Å². The number of rotatable bonds is 8. The van der Waals surface area contributed by atoms with E-state index in [0.717, 1.165) is 36.9 Å². The van der Waals surface area contributed by atoms with Gasteiger partial charge in [-0.15, -0.1) is 0 Å². The van der Waals surface area contributed by atoms with E-state index in [0.29, 0.717) is 35.6 Å². The lowest BCUT2D eigenvalue weighted by Crippen LogP contribution is -2.40. The molecule has 8 heteroatoms. The summed E-state index contributed by atoms with van der Waals surface area (Å²) < 4.78 is 0. The van der Waals surface area contributed by atoms with Crippen LogP contribution in [-0.4, -0.2) is 51.0 Å². The van der Waals surface area contributed by atoms with Crippen molar-refractivity contribution in [3.8, 4) is 0 Å². The van der Waals surface area contributed by atoms with Gasteiger partial charge in [-0.1, -0.05) is 30.3 Å². The number of aliphatic carboxylic acids is 2. The van der Waals surface area contributed by atoms with E-state index in [-0.39, 0.29) is 0 Å². The van der Waals surface area contributed by atoms with Crippen LogP contribution >= 0.6 is 0 Å². The minimum Gasteiger partial charge on any atom is -0.480 e. The molecule has 1 fully saturated rings. The third kappa shape index (κ3) is 5.52. The van der Waals surface area contributed by atoms with E-state index >= 15 is 0 Å². The van der Waals surface area contributed by atoms with Crippen molar-refractivity contribution in [1.29, 1.82) is 0 Å². The van der Waals surface area contributed by atoms with Crippen LogP contribution in [0.1, 0.15) is 30.0 Å². The maximum atomic E-state index is 12.3. The summed E-state index contributed by atoms with van der Waals surface area (Å²) in [6.45, 7) is 1.38. The van der Waals surface area contributed by atoms with Crippen LogP contribution in [0.15, 0.2) is 66.9 Å². The topological polar surface area (TPSA) is 123 Å². The van der Waals surface area contributed by atoms with E-state index in [9.17, 15) is 19.5 Å². The van der Waals surface area contributed by atoms with Crippen molar-refractivity contribution in [2.24, 2.45) is 5.92 Å². The smallest absolute Gasteiger partial charge is 0.328 e. The van der Waals surface area contributed by atoms with E-state index in [2.05, 4.69) is 22.4 Å². The molecule has 4 N–H and O–H groups in total. The SMILES string of the molecule is O=C(O)/C=C/C(=O)Nc1ccc2[nH]cc([C@@H](C(=O)O)N3CCC(Cc4ccccc4)CC3)c2c1. The van der Waals surface area contributed by atoms with Gasteiger partial charge in [0.05, 0.1) is 0 Å². The van der Waals surface area contributed by atoms with Gasteiger partial charge in [-0.3, -0.25) is 14.5 Å². The summed E-state index contributed by atoms with van der Waals surface area (Å²) >= 11 is 0. The van der Waals surface area contributed by atoms with Gasteiger partial charge >= 0.3 is 11.9 Å². The molecule has 0 unspecified atom stereocenters. The van der Waals surface area contributed by atoms with Gasteiger partial charge in [0.2, 0.25) is 5.91 Å². The lowest BCUT2D eigenvalue weighted by atomic mass is 9.89. The second-order valence-electron chi connectivity index (χ2n) is 8.58. The molecule has 1 aromatic heterocycles. The first kappa shape index (κ1) is 23.3. The second-order valence-corrected chi connectivity index (χ2v) is 8.58. The lowest BCUT2D eigenvalue weighted by molar-refractivity contribution is -0.144. The predicted molar refractivity (Wildman–Crippen MR) is 129 cm³/mol. The summed E-state index contributed by atoms with van der Waals surface area (Å²) in [7, 11) is 0. The molecule has 2 heterocycles. The van der Waals surface area contributed by atoms with Gasteiger partial charge in [0.25, 0.3) is 0 Å². The number of nitrogens with one attached hydrogen (secondary N) is 2. The zero-order valence-corrected chi connectivity index (χ0v) is 18.6. The molecule has 0 radical (unpaired) electrons. The summed E-state index contributed by atoms with van der Waals surface area (Å²) in [6, 6.07) is 14.7. The molecule has 3 aromatic rings. The highest BCUT2D eigenvalue weighted by Gasteiger charge is 2.32. The molecule has 176 valence electrons. The Morgan fingerprint density at radius 3 is 2.47 bits per heavy atom. The Balaban J connectivity index is 1.50. The molecule has 8 nitrogen and oxygen atoms in total. The number of aromatic amines is 1. The van der Waals surface area contributed by atoms with Crippen molar-refractivity contribution in [3.63, 3.8) is 0 Å². The molecule has 1 aliphatic heterocycles. The Morgan fingerprint density at radius 2 is 1.79 bits per heavy atom. The Bertz CT molecular complexity index is 1210. The quantitative estimate of drug-likeness (QED) is 0.378.